The topological polar surface area (TPSA) is 92.7 Å². The van der Waals surface area contributed by atoms with Crippen LogP contribution in [0.1, 0.15) is 59.8 Å². The zero-order valence-corrected chi connectivity index (χ0v) is 13.2. The molecule has 0 aromatic rings. The van der Waals surface area contributed by atoms with Gasteiger partial charge in [0.15, 0.2) is 0 Å². The number of ether oxygens (including phenoxy) is 1. The number of carbonyl (C=O) groups is 3. The highest BCUT2D eigenvalue weighted by Gasteiger charge is 2.39. The van der Waals surface area contributed by atoms with Crippen LogP contribution in [0.15, 0.2) is 0 Å². The summed E-state index contributed by atoms with van der Waals surface area (Å²) >= 11 is 0. The molecule has 0 heterocycles. The summed E-state index contributed by atoms with van der Waals surface area (Å²) in [7, 11) is 0. The minimum absolute atomic E-state index is 0.124. The minimum atomic E-state index is -1.38. The number of carboxylic acids is 1. The van der Waals surface area contributed by atoms with Gasteiger partial charge in [0.1, 0.15) is 16.9 Å². The maximum atomic E-state index is 11.8. The van der Waals surface area contributed by atoms with Gasteiger partial charge in [0.05, 0.1) is 0 Å². The van der Waals surface area contributed by atoms with Crippen molar-refractivity contribution in [1.82, 2.24) is 5.32 Å². The molecule has 0 aromatic carbocycles. The Morgan fingerprint density at radius 2 is 1.76 bits per heavy atom. The molecule has 0 spiro atoms. The number of hydrogen-bond acceptors (Lipinski definition) is 4. The van der Waals surface area contributed by atoms with Gasteiger partial charge in [-0.25, -0.2) is 9.59 Å². The third kappa shape index (κ3) is 5.73. The number of ketones is 1. The molecule has 1 rings (SSSR count). The predicted molar refractivity (Wildman–Crippen MR) is 77.0 cm³/mol. The van der Waals surface area contributed by atoms with E-state index in [1.54, 1.807) is 20.8 Å². The molecule has 2 N–H and O–H groups in total. The van der Waals surface area contributed by atoms with Crippen LogP contribution in [0.5, 0.6) is 0 Å². The average Bonchev–Trinajstić information content (AvgIpc) is 2.29. The van der Waals surface area contributed by atoms with Gasteiger partial charge in [0.25, 0.3) is 0 Å². The fraction of sp³-hybridized carbons (Fsp3) is 0.800. The molecule has 0 bridgehead atoms. The summed E-state index contributed by atoms with van der Waals surface area (Å²) in [6.07, 6.45) is 1.91. The number of hydrogen-bond donors (Lipinski definition) is 2. The van der Waals surface area contributed by atoms with Gasteiger partial charge in [-0.05, 0) is 52.9 Å². The molecular formula is C15H25NO5. The fourth-order valence-corrected chi connectivity index (χ4v) is 2.50. The molecule has 6 nitrogen and oxygen atoms in total. The third-order valence-corrected chi connectivity index (χ3v) is 3.61. The Bertz CT molecular complexity index is 416. The van der Waals surface area contributed by atoms with Crippen LogP contribution in [0.25, 0.3) is 0 Å². The summed E-state index contributed by atoms with van der Waals surface area (Å²) in [5, 5.41) is 11.9. The first kappa shape index (κ1) is 17.5. The second-order valence-electron chi connectivity index (χ2n) is 6.95. The normalized spacial score (nSPS) is 19.7. The number of carbonyl (C=O) groups excluding carboxylic acids is 2. The molecule has 1 atom stereocenters. The Hall–Kier alpha value is -1.59. The first-order valence-electron chi connectivity index (χ1n) is 7.28. The molecule has 0 aliphatic heterocycles. The van der Waals surface area contributed by atoms with Crippen molar-refractivity contribution < 1.29 is 24.2 Å². The van der Waals surface area contributed by atoms with E-state index < -0.39 is 23.2 Å². The number of carboxylic acid groups (broad SMARTS) is 1. The van der Waals surface area contributed by atoms with Gasteiger partial charge in [-0.1, -0.05) is 0 Å². The summed E-state index contributed by atoms with van der Waals surface area (Å²) in [4.78, 5) is 34.6. The lowest BCUT2D eigenvalue weighted by atomic mass is 9.79. The Morgan fingerprint density at radius 3 is 2.19 bits per heavy atom. The van der Waals surface area contributed by atoms with Crippen LogP contribution in [0.3, 0.4) is 0 Å². The van der Waals surface area contributed by atoms with Crippen LogP contribution in [-0.2, 0) is 14.3 Å². The second kappa shape index (κ2) is 6.45. The van der Waals surface area contributed by atoms with Crippen LogP contribution >= 0.6 is 0 Å². The molecular weight excluding hydrogens is 274 g/mol. The molecule has 1 aliphatic rings. The number of alkyl carbamates (subject to hydrolysis) is 1. The van der Waals surface area contributed by atoms with Crippen LogP contribution in [0.2, 0.25) is 0 Å². The van der Waals surface area contributed by atoms with Crippen LogP contribution < -0.4 is 5.32 Å². The van der Waals surface area contributed by atoms with Crippen molar-refractivity contribution in [1.29, 1.82) is 0 Å². The lowest BCUT2D eigenvalue weighted by Gasteiger charge is -2.32. The van der Waals surface area contributed by atoms with E-state index in [9.17, 15) is 19.5 Å². The fourth-order valence-electron chi connectivity index (χ4n) is 2.50. The standard InChI is InChI=1S/C15H25NO5/c1-14(2,3)21-13(20)16-15(4,12(18)19)9-10-5-7-11(17)8-6-10/h10H,5-9H2,1-4H3,(H,16,20)(H,18,19). The van der Waals surface area contributed by atoms with E-state index >= 15 is 0 Å². The van der Waals surface area contributed by atoms with Crippen molar-refractivity contribution in [3.05, 3.63) is 0 Å². The van der Waals surface area contributed by atoms with Crippen molar-refractivity contribution in [2.75, 3.05) is 0 Å². The van der Waals surface area contributed by atoms with Crippen molar-refractivity contribution in [2.45, 2.75) is 70.9 Å². The van der Waals surface area contributed by atoms with Gasteiger partial charge < -0.3 is 15.2 Å². The maximum absolute atomic E-state index is 11.8. The van der Waals surface area contributed by atoms with Crippen molar-refractivity contribution in [2.24, 2.45) is 5.92 Å². The first-order valence-corrected chi connectivity index (χ1v) is 7.28. The Kier molecular flexibility index (Phi) is 5.36. The number of aliphatic carboxylic acids is 1. The van der Waals surface area contributed by atoms with Crippen molar-refractivity contribution >= 4 is 17.8 Å². The van der Waals surface area contributed by atoms with Crippen molar-refractivity contribution in [3.63, 3.8) is 0 Å². The van der Waals surface area contributed by atoms with Crippen LogP contribution in [-0.4, -0.2) is 34.1 Å². The summed E-state index contributed by atoms with van der Waals surface area (Å²) in [6.45, 7) is 6.64. The van der Waals surface area contributed by atoms with Gasteiger partial charge in [-0.15, -0.1) is 0 Å². The summed E-state index contributed by atoms with van der Waals surface area (Å²) in [5.41, 5.74) is -2.06. The Labute approximate surface area is 125 Å². The highest BCUT2D eigenvalue weighted by Crippen LogP contribution is 2.29. The molecule has 1 aliphatic carbocycles. The van der Waals surface area contributed by atoms with Gasteiger partial charge in [-0.2, -0.15) is 0 Å². The monoisotopic (exact) mass is 299 g/mol. The Balaban J connectivity index is 2.67. The molecule has 0 aromatic heterocycles. The van der Waals surface area contributed by atoms with E-state index in [0.29, 0.717) is 32.1 Å². The molecule has 1 unspecified atom stereocenters. The Morgan fingerprint density at radius 1 is 1.24 bits per heavy atom. The molecule has 21 heavy (non-hydrogen) atoms. The lowest BCUT2D eigenvalue weighted by molar-refractivity contribution is -0.145. The quantitative estimate of drug-likeness (QED) is 0.832. The summed E-state index contributed by atoms with van der Waals surface area (Å²) < 4.78 is 5.12. The van der Waals surface area contributed by atoms with Gasteiger partial charge in [-0.3, -0.25) is 4.79 Å². The van der Waals surface area contributed by atoms with E-state index in [4.69, 9.17) is 4.74 Å². The molecule has 0 radical (unpaired) electrons. The number of amides is 1. The minimum Gasteiger partial charge on any atom is -0.480 e. The summed E-state index contributed by atoms with van der Waals surface area (Å²) in [5.74, 6) is -0.743. The highest BCUT2D eigenvalue weighted by molar-refractivity contribution is 5.84. The lowest BCUT2D eigenvalue weighted by Crippen LogP contribution is -2.54. The van der Waals surface area contributed by atoms with Gasteiger partial charge in [0.2, 0.25) is 0 Å². The average molecular weight is 299 g/mol. The first-order chi connectivity index (χ1) is 9.52. The van der Waals surface area contributed by atoms with E-state index in [2.05, 4.69) is 5.32 Å². The molecule has 1 saturated carbocycles. The molecule has 1 fully saturated rings. The molecule has 1 amide bonds. The number of rotatable bonds is 4. The zero-order chi connectivity index (χ0) is 16.3. The van der Waals surface area contributed by atoms with Gasteiger partial charge in [0, 0.05) is 12.8 Å². The number of Topliss-reactive ketones (excluding diaryl/α,β-unsaturated/α-hetero) is 1. The molecule has 6 heteroatoms. The van der Waals surface area contributed by atoms with E-state index in [0.717, 1.165) is 0 Å². The highest BCUT2D eigenvalue weighted by atomic mass is 16.6. The van der Waals surface area contributed by atoms with Crippen LogP contribution in [0, 0.1) is 5.92 Å². The van der Waals surface area contributed by atoms with E-state index in [1.807, 2.05) is 0 Å². The SMILES string of the molecule is CC(C)(C)OC(=O)NC(C)(CC1CCC(=O)CC1)C(=O)O. The molecule has 0 saturated heterocycles. The third-order valence-electron chi connectivity index (χ3n) is 3.61. The second-order valence-corrected chi connectivity index (χ2v) is 6.95. The van der Waals surface area contributed by atoms with Crippen LogP contribution in [0.4, 0.5) is 4.79 Å². The van der Waals surface area contributed by atoms with E-state index in [-0.39, 0.29) is 11.7 Å². The largest absolute Gasteiger partial charge is 0.480 e. The zero-order valence-electron chi connectivity index (χ0n) is 13.2. The number of nitrogens with one attached hydrogen (secondary N) is 1. The summed E-state index contributed by atoms with van der Waals surface area (Å²) in [6, 6.07) is 0. The predicted octanol–water partition coefficient (Wildman–Crippen LogP) is 2.50. The van der Waals surface area contributed by atoms with Crippen molar-refractivity contribution in [3.8, 4) is 0 Å². The maximum Gasteiger partial charge on any atom is 0.408 e. The van der Waals surface area contributed by atoms with E-state index in [1.165, 1.54) is 6.92 Å². The molecule has 120 valence electrons. The smallest absolute Gasteiger partial charge is 0.408 e. The van der Waals surface area contributed by atoms with Gasteiger partial charge >= 0.3 is 12.1 Å².